The van der Waals surface area contributed by atoms with Crippen LogP contribution in [0.4, 0.5) is 13.2 Å². The van der Waals surface area contributed by atoms with Gasteiger partial charge in [0.1, 0.15) is 0 Å². The van der Waals surface area contributed by atoms with Gasteiger partial charge in [0.05, 0.1) is 12.6 Å². The zero-order valence-corrected chi connectivity index (χ0v) is 6.88. The fourth-order valence-corrected chi connectivity index (χ4v) is 0.875. The van der Waals surface area contributed by atoms with Crippen molar-refractivity contribution in [1.29, 1.82) is 0 Å². The minimum absolute atomic E-state index is 0.149. The van der Waals surface area contributed by atoms with Gasteiger partial charge in [-0.05, 0) is 0 Å². The highest BCUT2D eigenvalue weighted by molar-refractivity contribution is 5.02. The molecule has 13 heavy (non-hydrogen) atoms. The topological polar surface area (TPSA) is 43.8 Å². The molecule has 0 aliphatic carbocycles. The first-order valence-corrected chi connectivity index (χ1v) is 3.79. The summed E-state index contributed by atoms with van der Waals surface area (Å²) in [6, 6.07) is 0. The number of halogens is 3. The SMILES string of the molecule is NCc1cnn(CCC(F)(F)F)c1. The van der Waals surface area contributed by atoms with E-state index < -0.39 is 12.6 Å². The van der Waals surface area contributed by atoms with Crippen LogP contribution in [0, 0.1) is 0 Å². The van der Waals surface area contributed by atoms with Gasteiger partial charge in [-0.25, -0.2) is 0 Å². The van der Waals surface area contributed by atoms with Crippen molar-refractivity contribution in [3.63, 3.8) is 0 Å². The molecule has 2 N–H and O–H groups in total. The first-order chi connectivity index (χ1) is 6.01. The number of nitrogens with zero attached hydrogens (tertiary/aromatic N) is 2. The lowest BCUT2D eigenvalue weighted by Gasteiger charge is -2.05. The lowest BCUT2D eigenvalue weighted by atomic mass is 10.4. The Kier molecular flexibility index (Phi) is 2.92. The predicted octanol–water partition coefficient (Wildman–Crippen LogP) is 1.29. The first kappa shape index (κ1) is 10.0. The molecule has 0 fully saturated rings. The van der Waals surface area contributed by atoms with E-state index in [1.54, 1.807) is 0 Å². The van der Waals surface area contributed by atoms with Gasteiger partial charge in [-0.1, -0.05) is 0 Å². The summed E-state index contributed by atoms with van der Waals surface area (Å²) in [5.41, 5.74) is 6.01. The molecule has 0 atom stereocenters. The summed E-state index contributed by atoms with van der Waals surface area (Å²) >= 11 is 0. The molecule has 0 bridgehead atoms. The fraction of sp³-hybridized carbons (Fsp3) is 0.571. The molecule has 1 aromatic rings. The molecule has 1 rings (SSSR count). The van der Waals surface area contributed by atoms with Crippen molar-refractivity contribution < 1.29 is 13.2 Å². The number of hydrogen-bond donors (Lipinski definition) is 1. The molecule has 0 saturated heterocycles. The number of hydrogen-bond acceptors (Lipinski definition) is 2. The minimum atomic E-state index is -4.13. The number of aromatic nitrogens is 2. The summed E-state index contributed by atoms with van der Waals surface area (Å²) < 4.78 is 36.5. The molecule has 3 nitrogen and oxygen atoms in total. The van der Waals surface area contributed by atoms with Gasteiger partial charge in [0.15, 0.2) is 0 Å². The molecule has 0 amide bonds. The molecule has 0 aliphatic heterocycles. The molecule has 0 aromatic carbocycles. The maximum Gasteiger partial charge on any atom is 0.390 e. The van der Waals surface area contributed by atoms with Gasteiger partial charge in [0, 0.05) is 24.8 Å². The maximum absolute atomic E-state index is 11.8. The fourth-order valence-electron chi connectivity index (χ4n) is 0.875. The maximum atomic E-state index is 11.8. The van der Waals surface area contributed by atoms with Crippen LogP contribution in [-0.4, -0.2) is 16.0 Å². The van der Waals surface area contributed by atoms with Crippen LogP contribution in [-0.2, 0) is 13.1 Å². The molecular weight excluding hydrogens is 183 g/mol. The molecule has 74 valence electrons. The Labute approximate surface area is 73.3 Å². The standard InChI is InChI=1S/C7H10F3N3/c8-7(9,10)1-2-13-5-6(3-11)4-12-13/h4-5H,1-3,11H2. The van der Waals surface area contributed by atoms with Crippen molar-refractivity contribution in [2.24, 2.45) is 5.73 Å². The van der Waals surface area contributed by atoms with Gasteiger partial charge in [-0.3, -0.25) is 4.68 Å². The average Bonchev–Trinajstić information content (AvgIpc) is 2.47. The van der Waals surface area contributed by atoms with E-state index in [0.717, 1.165) is 5.56 Å². The van der Waals surface area contributed by atoms with Crippen LogP contribution >= 0.6 is 0 Å². The highest BCUT2D eigenvalue weighted by Crippen LogP contribution is 2.19. The van der Waals surface area contributed by atoms with Crippen LogP contribution < -0.4 is 5.73 Å². The Bertz CT molecular complexity index is 266. The number of rotatable bonds is 3. The van der Waals surface area contributed by atoms with Gasteiger partial charge in [0.2, 0.25) is 0 Å². The number of nitrogens with two attached hydrogens (primary N) is 1. The molecule has 0 saturated carbocycles. The monoisotopic (exact) mass is 193 g/mol. The van der Waals surface area contributed by atoms with Gasteiger partial charge in [-0.2, -0.15) is 18.3 Å². The van der Waals surface area contributed by atoms with Crippen LogP contribution in [0.25, 0.3) is 0 Å². The first-order valence-electron chi connectivity index (χ1n) is 3.79. The summed E-state index contributed by atoms with van der Waals surface area (Å²) in [6.07, 6.45) is -2.00. The van der Waals surface area contributed by atoms with Gasteiger partial charge in [0.25, 0.3) is 0 Å². The largest absolute Gasteiger partial charge is 0.390 e. The summed E-state index contributed by atoms with van der Waals surface area (Å²) in [6.45, 7) is 0.148. The Morgan fingerprint density at radius 1 is 1.46 bits per heavy atom. The normalized spacial score (nSPS) is 12.0. The summed E-state index contributed by atoms with van der Waals surface area (Å²) in [4.78, 5) is 0. The highest BCUT2D eigenvalue weighted by Gasteiger charge is 2.26. The Morgan fingerprint density at radius 2 is 2.15 bits per heavy atom. The second-order valence-corrected chi connectivity index (χ2v) is 2.68. The second-order valence-electron chi connectivity index (χ2n) is 2.68. The van der Waals surface area contributed by atoms with Crippen molar-refractivity contribution in [1.82, 2.24) is 9.78 Å². The lowest BCUT2D eigenvalue weighted by Crippen LogP contribution is -2.12. The van der Waals surface area contributed by atoms with E-state index in [1.807, 2.05) is 0 Å². The van der Waals surface area contributed by atoms with E-state index in [-0.39, 0.29) is 6.54 Å². The van der Waals surface area contributed by atoms with Crippen molar-refractivity contribution in [3.8, 4) is 0 Å². The smallest absolute Gasteiger partial charge is 0.326 e. The van der Waals surface area contributed by atoms with E-state index in [1.165, 1.54) is 17.1 Å². The highest BCUT2D eigenvalue weighted by atomic mass is 19.4. The van der Waals surface area contributed by atoms with Crippen molar-refractivity contribution in [2.75, 3.05) is 0 Å². The summed E-state index contributed by atoms with van der Waals surface area (Å²) in [5.74, 6) is 0. The molecule has 1 heterocycles. The zero-order valence-electron chi connectivity index (χ0n) is 6.88. The van der Waals surface area contributed by atoms with E-state index in [2.05, 4.69) is 5.10 Å². The van der Waals surface area contributed by atoms with E-state index >= 15 is 0 Å². The van der Waals surface area contributed by atoms with E-state index in [0.29, 0.717) is 6.54 Å². The van der Waals surface area contributed by atoms with Crippen LogP contribution in [0.5, 0.6) is 0 Å². The average molecular weight is 193 g/mol. The third-order valence-corrected chi connectivity index (χ3v) is 1.55. The molecule has 0 radical (unpaired) electrons. The van der Waals surface area contributed by atoms with Crippen molar-refractivity contribution in [3.05, 3.63) is 18.0 Å². The Hall–Kier alpha value is -1.04. The molecule has 0 aliphatic rings. The molecule has 0 unspecified atom stereocenters. The summed E-state index contributed by atoms with van der Waals surface area (Å²) in [7, 11) is 0. The van der Waals surface area contributed by atoms with E-state index in [4.69, 9.17) is 5.73 Å². The van der Waals surface area contributed by atoms with Crippen LogP contribution in [0.15, 0.2) is 12.4 Å². The molecule has 1 aromatic heterocycles. The third-order valence-electron chi connectivity index (χ3n) is 1.55. The van der Waals surface area contributed by atoms with E-state index in [9.17, 15) is 13.2 Å². The minimum Gasteiger partial charge on any atom is -0.326 e. The van der Waals surface area contributed by atoms with Crippen molar-refractivity contribution >= 4 is 0 Å². The third kappa shape index (κ3) is 3.45. The van der Waals surface area contributed by atoms with Crippen LogP contribution in [0.1, 0.15) is 12.0 Å². The molecule has 6 heteroatoms. The van der Waals surface area contributed by atoms with Gasteiger partial charge < -0.3 is 5.73 Å². The predicted molar refractivity (Wildman–Crippen MR) is 40.8 cm³/mol. The van der Waals surface area contributed by atoms with Gasteiger partial charge in [-0.15, -0.1) is 0 Å². The summed E-state index contributed by atoms with van der Waals surface area (Å²) in [5, 5.41) is 3.73. The van der Waals surface area contributed by atoms with Gasteiger partial charge >= 0.3 is 6.18 Å². The Morgan fingerprint density at radius 3 is 2.62 bits per heavy atom. The van der Waals surface area contributed by atoms with Crippen LogP contribution in [0.2, 0.25) is 0 Å². The molecule has 0 spiro atoms. The lowest BCUT2D eigenvalue weighted by molar-refractivity contribution is -0.137. The Balaban J connectivity index is 2.46. The molecular formula is C7H10F3N3. The number of alkyl halides is 3. The second kappa shape index (κ2) is 3.78. The quantitative estimate of drug-likeness (QED) is 0.786. The van der Waals surface area contributed by atoms with Crippen LogP contribution in [0.3, 0.4) is 0 Å². The number of aryl methyl sites for hydroxylation is 1. The zero-order chi connectivity index (χ0) is 9.90. The van der Waals surface area contributed by atoms with Crippen molar-refractivity contribution in [2.45, 2.75) is 25.7 Å².